The molecule has 0 amide bonds. The molecule has 44 valence electrons. The molecule has 0 radical (unpaired) electrons. The Balaban J connectivity index is 0.000000148. The number of aromatic nitrogens is 1. The Kier molecular flexibility index (Phi) is 5.59. The van der Waals surface area contributed by atoms with Crippen molar-refractivity contribution in [1.29, 1.82) is 10.5 Å². The summed E-state index contributed by atoms with van der Waals surface area (Å²) in [7, 11) is 0. The molecule has 0 saturated carbocycles. The second-order valence-corrected chi connectivity index (χ2v) is 1.65. The molecule has 1 aromatic heterocycles. The van der Waals surface area contributed by atoms with Crippen LogP contribution in [0, 0.1) is 22.7 Å². The van der Waals surface area contributed by atoms with Gasteiger partial charge >= 0.3 is 0 Å². The van der Waals surface area contributed by atoms with E-state index in [1.54, 1.807) is 23.0 Å². The maximum atomic E-state index is 7.26. The van der Waals surface area contributed by atoms with Gasteiger partial charge in [-0.15, -0.1) is 11.3 Å². The van der Waals surface area contributed by atoms with Crippen LogP contribution in [0.25, 0.3) is 0 Å². The molecular formula is C5H3N3S. The van der Waals surface area contributed by atoms with Gasteiger partial charge in [0.25, 0.3) is 0 Å². The predicted octanol–water partition coefficient (Wildman–Crippen LogP) is 1.18. The monoisotopic (exact) mass is 137 g/mol. The number of hydrogen-bond donors (Lipinski definition) is 0. The highest BCUT2D eigenvalue weighted by molar-refractivity contribution is 7.07. The van der Waals surface area contributed by atoms with Gasteiger partial charge in [0.1, 0.15) is 0 Å². The Morgan fingerprint density at radius 1 is 1.33 bits per heavy atom. The third-order valence-corrected chi connectivity index (χ3v) is 0.919. The minimum atomic E-state index is 1.24. The van der Waals surface area contributed by atoms with Gasteiger partial charge in [0, 0.05) is 11.6 Å². The van der Waals surface area contributed by atoms with Crippen molar-refractivity contribution in [2.24, 2.45) is 0 Å². The van der Waals surface area contributed by atoms with Crippen LogP contribution < -0.4 is 0 Å². The zero-order valence-electron chi connectivity index (χ0n) is 4.48. The van der Waals surface area contributed by atoms with Crippen LogP contribution in [0.3, 0.4) is 0 Å². The van der Waals surface area contributed by atoms with Crippen molar-refractivity contribution >= 4 is 11.3 Å². The highest BCUT2D eigenvalue weighted by Crippen LogP contribution is 1.85. The van der Waals surface area contributed by atoms with Crippen LogP contribution in [0.4, 0.5) is 0 Å². The smallest absolute Gasteiger partial charge is 0.181 e. The Morgan fingerprint density at radius 2 is 2.00 bits per heavy atom. The Hall–Kier alpha value is -1.39. The molecular weight excluding hydrogens is 134 g/mol. The maximum Gasteiger partial charge on any atom is 0.181 e. The van der Waals surface area contributed by atoms with E-state index in [1.165, 1.54) is 12.1 Å². The van der Waals surface area contributed by atoms with E-state index in [9.17, 15) is 0 Å². The first-order valence-corrected chi connectivity index (χ1v) is 2.96. The molecule has 0 N–H and O–H groups in total. The molecule has 0 aliphatic rings. The molecule has 0 aromatic carbocycles. The summed E-state index contributed by atoms with van der Waals surface area (Å²) >= 11 is 1.60. The zero-order valence-corrected chi connectivity index (χ0v) is 5.30. The minimum Gasteiger partial charge on any atom is -0.253 e. The van der Waals surface area contributed by atoms with E-state index in [0.29, 0.717) is 0 Å². The van der Waals surface area contributed by atoms with Crippen molar-refractivity contribution in [3.8, 4) is 12.1 Å². The molecule has 0 fully saturated rings. The van der Waals surface area contributed by atoms with Crippen LogP contribution in [0.15, 0.2) is 17.1 Å². The summed E-state index contributed by atoms with van der Waals surface area (Å²) in [5, 5.41) is 16.5. The van der Waals surface area contributed by atoms with E-state index in [1.807, 2.05) is 5.38 Å². The number of nitriles is 2. The van der Waals surface area contributed by atoms with Gasteiger partial charge in [-0.3, -0.25) is 4.98 Å². The summed E-state index contributed by atoms with van der Waals surface area (Å²) in [6.07, 6.45) is 1.77. The lowest BCUT2D eigenvalue weighted by molar-refractivity contribution is 1.43. The van der Waals surface area contributed by atoms with Crippen LogP contribution in [0.1, 0.15) is 0 Å². The summed E-state index contributed by atoms with van der Waals surface area (Å²) < 4.78 is 0. The molecule has 0 saturated heterocycles. The average molecular weight is 137 g/mol. The molecule has 0 unspecified atom stereocenters. The second kappa shape index (κ2) is 6.61. The summed E-state index contributed by atoms with van der Waals surface area (Å²) in [4.78, 5) is 3.74. The second-order valence-electron chi connectivity index (χ2n) is 0.899. The number of hydrogen-bond acceptors (Lipinski definition) is 4. The number of nitrogens with zero attached hydrogens (tertiary/aromatic N) is 3. The lowest BCUT2D eigenvalue weighted by Gasteiger charge is -1.41. The first kappa shape index (κ1) is 7.61. The summed E-state index contributed by atoms with van der Waals surface area (Å²) in [6, 6.07) is 2.47. The molecule has 0 bridgehead atoms. The Bertz CT molecular complexity index is 174. The molecule has 0 aliphatic heterocycles. The van der Waals surface area contributed by atoms with E-state index < -0.39 is 0 Å². The average Bonchev–Trinajstić information content (AvgIpc) is 2.43. The largest absolute Gasteiger partial charge is 0.253 e. The molecule has 0 spiro atoms. The first-order chi connectivity index (χ1) is 4.41. The maximum absolute atomic E-state index is 7.26. The third-order valence-electron chi connectivity index (χ3n) is 0.397. The fourth-order valence-electron chi connectivity index (χ4n) is 0.176. The normalized spacial score (nSPS) is 5.56. The van der Waals surface area contributed by atoms with E-state index in [-0.39, 0.29) is 0 Å². The van der Waals surface area contributed by atoms with Gasteiger partial charge in [0.15, 0.2) is 12.1 Å². The fourth-order valence-corrected chi connectivity index (χ4v) is 0.527. The highest BCUT2D eigenvalue weighted by Gasteiger charge is 1.59. The summed E-state index contributed by atoms with van der Waals surface area (Å²) in [5.74, 6) is 0. The van der Waals surface area contributed by atoms with Gasteiger partial charge in [0.2, 0.25) is 0 Å². The number of rotatable bonds is 0. The molecule has 9 heavy (non-hydrogen) atoms. The zero-order chi connectivity index (χ0) is 6.95. The first-order valence-electron chi connectivity index (χ1n) is 2.02. The molecule has 1 aromatic rings. The SMILES string of the molecule is N#CC#N.c1cscn1. The topological polar surface area (TPSA) is 60.5 Å². The lowest BCUT2D eigenvalue weighted by Crippen LogP contribution is -1.38. The summed E-state index contributed by atoms with van der Waals surface area (Å²) in [5.41, 5.74) is 1.79. The molecule has 0 aliphatic carbocycles. The van der Waals surface area contributed by atoms with Crippen LogP contribution in [-0.4, -0.2) is 4.98 Å². The Morgan fingerprint density at radius 3 is 2.11 bits per heavy atom. The highest BCUT2D eigenvalue weighted by atomic mass is 32.1. The standard InChI is InChI=1S/C3H3NS.C2N2/c1-2-5-3-4-1;3-1-2-4/h1-3H;. The van der Waals surface area contributed by atoms with Crippen molar-refractivity contribution in [3.63, 3.8) is 0 Å². The number of thiazole rings is 1. The van der Waals surface area contributed by atoms with Crippen LogP contribution >= 0.6 is 11.3 Å². The molecule has 4 heteroatoms. The molecule has 1 heterocycles. The van der Waals surface area contributed by atoms with Crippen molar-refractivity contribution in [3.05, 3.63) is 17.1 Å². The van der Waals surface area contributed by atoms with Gasteiger partial charge in [-0.05, 0) is 0 Å². The van der Waals surface area contributed by atoms with Gasteiger partial charge < -0.3 is 0 Å². The van der Waals surface area contributed by atoms with E-state index >= 15 is 0 Å². The van der Waals surface area contributed by atoms with Crippen molar-refractivity contribution < 1.29 is 0 Å². The quantitative estimate of drug-likeness (QED) is 0.539. The summed E-state index contributed by atoms with van der Waals surface area (Å²) in [6.45, 7) is 0. The van der Waals surface area contributed by atoms with Crippen LogP contribution in [-0.2, 0) is 0 Å². The van der Waals surface area contributed by atoms with Gasteiger partial charge in [-0.1, -0.05) is 0 Å². The minimum absolute atomic E-state index is 1.24. The fraction of sp³-hybridized carbons (Fsp3) is 0. The van der Waals surface area contributed by atoms with Crippen molar-refractivity contribution in [2.75, 3.05) is 0 Å². The predicted molar refractivity (Wildman–Crippen MR) is 33.3 cm³/mol. The molecule has 3 nitrogen and oxygen atoms in total. The van der Waals surface area contributed by atoms with Crippen LogP contribution in [0.5, 0.6) is 0 Å². The Labute approximate surface area is 56.8 Å². The van der Waals surface area contributed by atoms with Crippen molar-refractivity contribution in [2.45, 2.75) is 0 Å². The lowest BCUT2D eigenvalue weighted by atomic mass is 10.9. The molecule has 1 rings (SSSR count). The van der Waals surface area contributed by atoms with Gasteiger partial charge in [0.05, 0.1) is 5.51 Å². The van der Waals surface area contributed by atoms with Crippen LogP contribution in [0.2, 0.25) is 0 Å². The third kappa shape index (κ3) is 6.61. The van der Waals surface area contributed by atoms with E-state index in [0.717, 1.165) is 0 Å². The van der Waals surface area contributed by atoms with Gasteiger partial charge in [-0.25, -0.2) is 0 Å². The van der Waals surface area contributed by atoms with E-state index in [4.69, 9.17) is 10.5 Å². The van der Waals surface area contributed by atoms with E-state index in [2.05, 4.69) is 4.98 Å². The van der Waals surface area contributed by atoms with Crippen molar-refractivity contribution in [1.82, 2.24) is 4.98 Å². The van der Waals surface area contributed by atoms with Gasteiger partial charge in [-0.2, -0.15) is 10.5 Å². The molecule has 0 atom stereocenters.